The number of rotatable bonds is 3. The Bertz CT molecular complexity index is 478. The van der Waals surface area contributed by atoms with Gasteiger partial charge < -0.3 is 0 Å². The van der Waals surface area contributed by atoms with Crippen molar-refractivity contribution in [2.75, 3.05) is 6.54 Å². The first-order chi connectivity index (χ1) is 7.06. The number of benzene rings is 1. The van der Waals surface area contributed by atoms with E-state index in [0.717, 1.165) is 5.56 Å². The van der Waals surface area contributed by atoms with E-state index >= 15 is 0 Å². The summed E-state index contributed by atoms with van der Waals surface area (Å²) in [6.07, 6.45) is 0. The summed E-state index contributed by atoms with van der Waals surface area (Å²) in [6.45, 7) is 3.72. The van der Waals surface area contributed by atoms with Crippen LogP contribution in [0, 0.1) is 18.8 Å². The molecule has 3 nitrogen and oxygen atoms in total. The van der Waals surface area contributed by atoms with Gasteiger partial charge in [-0.05, 0) is 26.0 Å². The van der Waals surface area contributed by atoms with Crippen LogP contribution in [0.4, 0.5) is 0 Å². The first kappa shape index (κ1) is 11.8. The Morgan fingerprint density at radius 1 is 1.27 bits per heavy atom. The topological polar surface area (TPSA) is 46.2 Å². The van der Waals surface area contributed by atoms with Gasteiger partial charge >= 0.3 is 0 Å². The van der Waals surface area contributed by atoms with Gasteiger partial charge in [0.15, 0.2) is 0 Å². The van der Waals surface area contributed by atoms with Crippen molar-refractivity contribution < 1.29 is 8.42 Å². The fourth-order valence-electron chi connectivity index (χ4n) is 1.02. The molecule has 0 saturated carbocycles. The molecule has 0 amide bonds. The van der Waals surface area contributed by atoms with Gasteiger partial charge in [0, 0.05) is 0 Å². The number of hydrogen-bond acceptors (Lipinski definition) is 2. The molecule has 1 aromatic carbocycles. The third kappa shape index (κ3) is 3.39. The van der Waals surface area contributed by atoms with Gasteiger partial charge in [-0.15, -0.1) is 5.92 Å². The van der Waals surface area contributed by atoms with Gasteiger partial charge in [-0.2, -0.15) is 4.72 Å². The summed E-state index contributed by atoms with van der Waals surface area (Å²) in [6, 6.07) is 6.69. The molecule has 15 heavy (non-hydrogen) atoms. The second kappa shape index (κ2) is 4.96. The predicted octanol–water partition coefficient (Wildman–Crippen LogP) is 1.30. The van der Waals surface area contributed by atoms with Crippen molar-refractivity contribution in [3.63, 3.8) is 0 Å². The third-order valence-corrected chi connectivity index (χ3v) is 3.28. The zero-order chi connectivity index (χ0) is 11.3. The number of sulfonamides is 1. The van der Waals surface area contributed by atoms with Crippen molar-refractivity contribution in [3.8, 4) is 11.8 Å². The molecule has 1 N–H and O–H groups in total. The second-order valence-electron chi connectivity index (χ2n) is 3.06. The van der Waals surface area contributed by atoms with E-state index in [-0.39, 0.29) is 11.4 Å². The van der Waals surface area contributed by atoms with E-state index in [1.54, 1.807) is 31.2 Å². The molecule has 0 saturated heterocycles. The lowest BCUT2D eigenvalue weighted by Crippen LogP contribution is -2.23. The van der Waals surface area contributed by atoms with E-state index in [9.17, 15) is 8.42 Å². The average molecular weight is 223 g/mol. The molecule has 0 heterocycles. The van der Waals surface area contributed by atoms with Crippen LogP contribution in [0.15, 0.2) is 29.2 Å². The maximum Gasteiger partial charge on any atom is 0.241 e. The van der Waals surface area contributed by atoms with E-state index in [0.29, 0.717) is 0 Å². The van der Waals surface area contributed by atoms with Crippen LogP contribution in [-0.4, -0.2) is 15.0 Å². The summed E-state index contributed by atoms with van der Waals surface area (Å²) in [5.74, 6) is 5.27. The minimum atomic E-state index is -3.40. The third-order valence-electron chi connectivity index (χ3n) is 1.86. The SMILES string of the molecule is CC#CCNS(=O)(=O)c1ccc(C)cc1. The molecule has 0 aliphatic carbocycles. The highest BCUT2D eigenvalue weighted by Gasteiger charge is 2.11. The molecule has 0 bridgehead atoms. The lowest BCUT2D eigenvalue weighted by atomic mass is 10.2. The lowest BCUT2D eigenvalue weighted by molar-refractivity contribution is 0.586. The monoisotopic (exact) mass is 223 g/mol. The van der Waals surface area contributed by atoms with Crippen LogP contribution >= 0.6 is 0 Å². The zero-order valence-electron chi connectivity index (χ0n) is 8.74. The first-order valence-corrected chi connectivity index (χ1v) is 6.00. The molecule has 4 heteroatoms. The van der Waals surface area contributed by atoms with Crippen molar-refractivity contribution in [2.24, 2.45) is 0 Å². The molecule has 80 valence electrons. The molecule has 0 aromatic heterocycles. The van der Waals surface area contributed by atoms with Gasteiger partial charge in [0.25, 0.3) is 0 Å². The number of nitrogens with one attached hydrogen (secondary N) is 1. The molecular formula is C11H13NO2S. The van der Waals surface area contributed by atoms with Gasteiger partial charge in [-0.25, -0.2) is 8.42 Å². The van der Waals surface area contributed by atoms with Crippen LogP contribution in [0.25, 0.3) is 0 Å². The standard InChI is InChI=1S/C11H13NO2S/c1-3-4-9-12-15(13,14)11-7-5-10(2)6-8-11/h5-8,12H,9H2,1-2H3. The molecule has 0 spiro atoms. The fraction of sp³-hybridized carbons (Fsp3) is 0.273. The Hall–Kier alpha value is -1.31. The maximum atomic E-state index is 11.6. The molecule has 0 aliphatic rings. The number of hydrogen-bond donors (Lipinski definition) is 1. The van der Waals surface area contributed by atoms with Gasteiger partial charge in [0.1, 0.15) is 0 Å². The Labute approximate surface area is 90.6 Å². The largest absolute Gasteiger partial charge is 0.241 e. The van der Waals surface area contributed by atoms with Crippen LogP contribution in [0.3, 0.4) is 0 Å². The summed E-state index contributed by atoms with van der Waals surface area (Å²) in [5.41, 5.74) is 1.03. The van der Waals surface area contributed by atoms with E-state index in [4.69, 9.17) is 0 Å². The Morgan fingerprint density at radius 2 is 1.87 bits per heavy atom. The highest BCUT2D eigenvalue weighted by molar-refractivity contribution is 7.89. The first-order valence-electron chi connectivity index (χ1n) is 4.52. The van der Waals surface area contributed by atoms with Crippen LogP contribution in [0.2, 0.25) is 0 Å². The van der Waals surface area contributed by atoms with Crippen LogP contribution < -0.4 is 4.72 Å². The van der Waals surface area contributed by atoms with Gasteiger partial charge in [0.05, 0.1) is 11.4 Å². The molecule has 1 rings (SSSR count). The smallest absolute Gasteiger partial charge is 0.207 e. The van der Waals surface area contributed by atoms with Crippen molar-refractivity contribution in [2.45, 2.75) is 18.7 Å². The number of aryl methyl sites for hydroxylation is 1. The minimum Gasteiger partial charge on any atom is -0.207 e. The van der Waals surface area contributed by atoms with Crippen LogP contribution in [0.1, 0.15) is 12.5 Å². The molecule has 0 unspecified atom stereocenters. The summed E-state index contributed by atoms with van der Waals surface area (Å²) >= 11 is 0. The fourth-order valence-corrected chi connectivity index (χ4v) is 1.94. The lowest BCUT2D eigenvalue weighted by Gasteiger charge is -2.03. The summed E-state index contributed by atoms with van der Waals surface area (Å²) < 4.78 is 25.7. The van der Waals surface area contributed by atoms with Crippen molar-refractivity contribution in [1.82, 2.24) is 4.72 Å². The van der Waals surface area contributed by atoms with Crippen molar-refractivity contribution in [1.29, 1.82) is 0 Å². The Kier molecular flexibility index (Phi) is 3.89. The van der Waals surface area contributed by atoms with E-state index in [1.165, 1.54) is 0 Å². The second-order valence-corrected chi connectivity index (χ2v) is 4.83. The predicted molar refractivity (Wildman–Crippen MR) is 59.8 cm³/mol. The average Bonchev–Trinajstić information content (AvgIpc) is 2.18. The Morgan fingerprint density at radius 3 is 2.40 bits per heavy atom. The zero-order valence-corrected chi connectivity index (χ0v) is 9.56. The highest BCUT2D eigenvalue weighted by atomic mass is 32.2. The summed E-state index contributed by atoms with van der Waals surface area (Å²) in [7, 11) is -3.40. The van der Waals surface area contributed by atoms with E-state index < -0.39 is 10.0 Å². The summed E-state index contributed by atoms with van der Waals surface area (Å²) in [5, 5.41) is 0. The van der Waals surface area contributed by atoms with Gasteiger partial charge in [-0.3, -0.25) is 0 Å². The molecule has 0 aliphatic heterocycles. The molecule has 0 atom stereocenters. The highest BCUT2D eigenvalue weighted by Crippen LogP contribution is 2.09. The molecule has 0 radical (unpaired) electrons. The van der Waals surface area contributed by atoms with Crippen molar-refractivity contribution >= 4 is 10.0 Å². The summed E-state index contributed by atoms with van der Waals surface area (Å²) in [4.78, 5) is 0.269. The normalized spacial score (nSPS) is 10.5. The van der Waals surface area contributed by atoms with Crippen LogP contribution in [0.5, 0.6) is 0 Å². The van der Waals surface area contributed by atoms with Gasteiger partial charge in [-0.1, -0.05) is 23.6 Å². The molecule has 1 aromatic rings. The minimum absolute atomic E-state index is 0.146. The molecular weight excluding hydrogens is 210 g/mol. The van der Waals surface area contributed by atoms with Gasteiger partial charge in [0.2, 0.25) is 10.0 Å². The quantitative estimate of drug-likeness (QED) is 0.785. The van der Waals surface area contributed by atoms with E-state index in [2.05, 4.69) is 16.6 Å². The maximum absolute atomic E-state index is 11.6. The van der Waals surface area contributed by atoms with Crippen LogP contribution in [-0.2, 0) is 10.0 Å². The van der Waals surface area contributed by atoms with Crippen molar-refractivity contribution in [3.05, 3.63) is 29.8 Å². The van der Waals surface area contributed by atoms with E-state index in [1.807, 2.05) is 6.92 Å². The Balaban J connectivity index is 2.85. The molecule has 0 fully saturated rings.